The molecular weight excluding hydrogens is 302 g/mol. The van der Waals surface area contributed by atoms with Crippen LogP contribution in [0.2, 0.25) is 5.15 Å². The summed E-state index contributed by atoms with van der Waals surface area (Å²) in [6.07, 6.45) is 4.78. The molecule has 2 aromatic heterocycles. The third kappa shape index (κ3) is 3.59. The van der Waals surface area contributed by atoms with E-state index >= 15 is 0 Å². The molecule has 2 aromatic rings. The van der Waals surface area contributed by atoms with Crippen molar-refractivity contribution < 1.29 is 9.90 Å². The van der Waals surface area contributed by atoms with E-state index in [4.69, 9.17) is 11.6 Å². The van der Waals surface area contributed by atoms with Crippen molar-refractivity contribution in [3.63, 3.8) is 0 Å². The van der Waals surface area contributed by atoms with Crippen molar-refractivity contribution in [2.24, 2.45) is 0 Å². The van der Waals surface area contributed by atoms with E-state index in [9.17, 15) is 9.90 Å². The van der Waals surface area contributed by atoms with Crippen LogP contribution in [0.1, 0.15) is 50.0 Å². The molecule has 0 unspecified atom stereocenters. The van der Waals surface area contributed by atoms with E-state index in [1.807, 2.05) is 26.0 Å². The molecule has 22 heavy (non-hydrogen) atoms. The fraction of sp³-hybridized carbons (Fsp3) is 0.500. The Kier molecular flexibility index (Phi) is 5.42. The number of fused-ring (bicyclic) bond motifs is 1. The van der Waals surface area contributed by atoms with Gasteiger partial charge in [-0.3, -0.25) is 9.20 Å². The van der Waals surface area contributed by atoms with Gasteiger partial charge in [-0.25, -0.2) is 4.98 Å². The number of pyridine rings is 1. The number of imidazole rings is 1. The molecule has 0 saturated heterocycles. The average Bonchev–Trinajstić information content (AvgIpc) is 2.81. The summed E-state index contributed by atoms with van der Waals surface area (Å²) in [7, 11) is 0. The van der Waals surface area contributed by atoms with Crippen molar-refractivity contribution in [1.29, 1.82) is 0 Å². The van der Waals surface area contributed by atoms with Gasteiger partial charge in [-0.05, 0) is 25.0 Å². The number of amides is 1. The van der Waals surface area contributed by atoms with E-state index in [0.29, 0.717) is 24.2 Å². The van der Waals surface area contributed by atoms with E-state index in [1.54, 1.807) is 16.7 Å². The first kappa shape index (κ1) is 16.8. The van der Waals surface area contributed by atoms with Gasteiger partial charge in [0.05, 0.1) is 5.60 Å². The van der Waals surface area contributed by atoms with Crippen LogP contribution in [0, 0.1) is 0 Å². The summed E-state index contributed by atoms with van der Waals surface area (Å²) in [5.74, 6) is -0.325. The number of halogens is 1. The second-order valence-electron chi connectivity index (χ2n) is 5.59. The number of rotatable bonds is 7. The number of aliphatic hydroxyl groups is 1. The topological polar surface area (TPSA) is 66.6 Å². The Balaban J connectivity index is 2.16. The van der Waals surface area contributed by atoms with E-state index in [-0.39, 0.29) is 17.6 Å². The van der Waals surface area contributed by atoms with E-state index < -0.39 is 5.60 Å². The molecule has 2 rings (SSSR count). The predicted molar refractivity (Wildman–Crippen MR) is 87.3 cm³/mol. The molecule has 0 atom stereocenters. The number of aromatic nitrogens is 2. The lowest BCUT2D eigenvalue weighted by Crippen LogP contribution is -2.43. The van der Waals surface area contributed by atoms with Gasteiger partial charge in [0.2, 0.25) is 0 Å². The second-order valence-corrected chi connectivity index (χ2v) is 5.95. The first-order chi connectivity index (χ1) is 10.5. The van der Waals surface area contributed by atoms with Crippen LogP contribution in [-0.2, 0) is 0 Å². The molecule has 2 heterocycles. The van der Waals surface area contributed by atoms with Crippen molar-refractivity contribution >= 4 is 23.2 Å². The molecular formula is C16H22ClN3O2. The van der Waals surface area contributed by atoms with Crippen LogP contribution >= 0.6 is 11.6 Å². The molecule has 0 aliphatic rings. The average molecular weight is 324 g/mol. The van der Waals surface area contributed by atoms with E-state index in [0.717, 1.165) is 12.8 Å². The number of nitrogens with zero attached hydrogens (tertiary/aromatic N) is 2. The van der Waals surface area contributed by atoms with Crippen LogP contribution in [0.5, 0.6) is 0 Å². The smallest absolute Gasteiger partial charge is 0.271 e. The zero-order valence-corrected chi connectivity index (χ0v) is 13.7. The lowest BCUT2D eigenvalue weighted by molar-refractivity contribution is 0.0212. The maximum Gasteiger partial charge on any atom is 0.271 e. The molecule has 6 heteroatoms. The normalized spacial score (nSPS) is 11.8. The Bertz CT molecular complexity index is 648. The minimum absolute atomic E-state index is 0.165. The molecule has 120 valence electrons. The first-order valence-corrected chi connectivity index (χ1v) is 8.01. The maximum atomic E-state index is 12.4. The maximum absolute atomic E-state index is 12.4. The summed E-state index contributed by atoms with van der Waals surface area (Å²) in [4.78, 5) is 16.6. The highest BCUT2D eigenvalue weighted by molar-refractivity contribution is 6.32. The van der Waals surface area contributed by atoms with Gasteiger partial charge in [0.25, 0.3) is 5.91 Å². The third-order valence-electron chi connectivity index (χ3n) is 3.71. The Hall–Kier alpha value is -1.59. The molecule has 0 aromatic carbocycles. The highest BCUT2D eigenvalue weighted by atomic mass is 35.5. The minimum Gasteiger partial charge on any atom is -0.388 e. The van der Waals surface area contributed by atoms with Gasteiger partial charge >= 0.3 is 0 Å². The van der Waals surface area contributed by atoms with Crippen LogP contribution in [0.25, 0.3) is 5.65 Å². The van der Waals surface area contributed by atoms with Crippen molar-refractivity contribution in [3.05, 3.63) is 35.2 Å². The molecule has 0 saturated carbocycles. The standard InChI is InChI=1S/C16H22ClN3O2/c1-3-8-16(22,9-4-2)11-18-15(21)13-14(17)19-12-7-5-6-10-20(12)13/h5-7,10,22H,3-4,8-9,11H2,1-2H3,(H,18,21). The van der Waals surface area contributed by atoms with Crippen LogP contribution in [0.4, 0.5) is 0 Å². The highest BCUT2D eigenvalue weighted by Gasteiger charge is 2.27. The van der Waals surface area contributed by atoms with Crippen molar-refractivity contribution in [3.8, 4) is 0 Å². The van der Waals surface area contributed by atoms with Gasteiger partial charge in [-0.1, -0.05) is 44.4 Å². The quantitative estimate of drug-likeness (QED) is 0.823. The Morgan fingerprint density at radius 2 is 2.05 bits per heavy atom. The van der Waals surface area contributed by atoms with E-state index in [2.05, 4.69) is 10.3 Å². The van der Waals surface area contributed by atoms with Crippen molar-refractivity contribution in [2.45, 2.75) is 45.1 Å². The zero-order valence-electron chi connectivity index (χ0n) is 13.0. The van der Waals surface area contributed by atoms with Crippen LogP contribution in [0.3, 0.4) is 0 Å². The summed E-state index contributed by atoms with van der Waals surface area (Å²) >= 11 is 6.08. The molecule has 0 fully saturated rings. The van der Waals surface area contributed by atoms with Crippen molar-refractivity contribution in [2.75, 3.05) is 6.54 Å². The lowest BCUT2D eigenvalue weighted by Gasteiger charge is -2.27. The molecule has 0 aliphatic heterocycles. The summed E-state index contributed by atoms with van der Waals surface area (Å²) in [6, 6.07) is 5.43. The van der Waals surface area contributed by atoms with Gasteiger partial charge in [-0.15, -0.1) is 0 Å². The number of hydrogen-bond donors (Lipinski definition) is 2. The van der Waals surface area contributed by atoms with Gasteiger partial charge in [0, 0.05) is 12.7 Å². The molecule has 1 amide bonds. The molecule has 0 spiro atoms. The second kappa shape index (κ2) is 7.11. The van der Waals surface area contributed by atoms with Crippen LogP contribution in [0.15, 0.2) is 24.4 Å². The summed E-state index contributed by atoms with van der Waals surface area (Å²) in [5, 5.41) is 13.5. The fourth-order valence-electron chi connectivity index (χ4n) is 2.73. The molecule has 0 radical (unpaired) electrons. The van der Waals surface area contributed by atoms with Gasteiger partial charge in [0.1, 0.15) is 5.65 Å². The predicted octanol–water partition coefficient (Wildman–Crippen LogP) is 3.05. The van der Waals surface area contributed by atoms with Crippen LogP contribution in [-0.4, -0.2) is 32.5 Å². The number of nitrogens with one attached hydrogen (secondary N) is 1. The largest absolute Gasteiger partial charge is 0.388 e. The van der Waals surface area contributed by atoms with Gasteiger partial charge in [0.15, 0.2) is 10.8 Å². The SMILES string of the molecule is CCCC(O)(CCC)CNC(=O)c1c(Cl)nc2ccccn12. The lowest BCUT2D eigenvalue weighted by atomic mass is 9.92. The Labute approximate surface area is 135 Å². The van der Waals surface area contributed by atoms with Gasteiger partial charge < -0.3 is 10.4 Å². The molecule has 2 N–H and O–H groups in total. The molecule has 0 bridgehead atoms. The highest BCUT2D eigenvalue weighted by Crippen LogP contribution is 2.20. The summed E-state index contributed by atoms with van der Waals surface area (Å²) < 4.78 is 1.65. The Morgan fingerprint density at radius 3 is 2.68 bits per heavy atom. The Morgan fingerprint density at radius 1 is 1.36 bits per heavy atom. The zero-order chi connectivity index (χ0) is 16.2. The van der Waals surface area contributed by atoms with Crippen LogP contribution < -0.4 is 5.32 Å². The monoisotopic (exact) mass is 323 g/mol. The fourth-order valence-corrected chi connectivity index (χ4v) is 2.99. The van der Waals surface area contributed by atoms with E-state index in [1.165, 1.54) is 0 Å². The molecule has 0 aliphatic carbocycles. The minimum atomic E-state index is -0.869. The summed E-state index contributed by atoms with van der Waals surface area (Å²) in [6.45, 7) is 4.25. The first-order valence-electron chi connectivity index (χ1n) is 7.64. The third-order valence-corrected chi connectivity index (χ3v) is 3.97. The number of carbonyl (C=O) groups is 1. The van der Waals surface area contributed by atoms with Crippen molar-refractivity contribution in [1.82, 2.24) is 14.7 Å². The van der Waals surface area contributed by atoms with Gasteiger partial charge in [-0.2, -0.15) is 0 Å². The number of hydrogen-bond acceptors (Lipinski definition) is 3. The molecule has 5 nitrogen and oxygen atoms in total. The number of carbonyl (C=O) groups excluding carboxylic acids is 1. The summed E-state index contributed by atoms with van der Waals surface area (Å²) in [5.41, 5.74) is 0.0502.